The van der Waals surface area contributed by atoms with Gasteiger partial charge in [-0.1, -0.05) is 0 Å². The van der Waals surface area contributed by atoms with E-state index in [0.29, 0.717) is 31.6 Å². The number of hydrogen-bond donors (Lipinski definition) is 3. The first kappa shape index (κ1) is 17.2. The van der Waals surface area contributed by atoms with Gasteiger partial charge in [0.05, 0.1) is 17.1 Å². The minimum absolute atomic E-state index is 0.204. The molecular formula is C16H22N2O5S. The molecule has 8 heteroatoms. The number of amides is 2. The van der Waals surface area contributed by atoms with Gasteiger partial charge in [0.2, 0.25) is 0 Å². The number of hydrogen-bond acceptors (Lipinski definition) is 5. The second-order valence-corrected chi connectivity index (χ2v) is 8.77. The third-order valence-electron chi connectivity index (χ3n) is 4.93. The number of aliphatic hydroxyl groups excluding tert-OH is 2. The molecule has 0 radical (unpaired) electrons. The molecule has 2 amide bonds. The maximum absolute atomic E-state index is 12.4. The number of carbonyl (C=O) groups is 1. The minimum Gasteiger partial charge on any atom is -0.390 e. The van der Waals surface area contributed by atoms with Crippen molar-refractivity contribution in [3.05, 3.63) is 24.3 Å². The first-order valence-electron chi connectivity index (χ1n) is 7.96. The van der Waals surface area contributed by atoms with Crippen LogP contribution in [0.15, 0.2) is 29.2 Å². The first-order valence-corrected chi connectivity index (χ1v) is 9.85. The van der Waals surface area contributed by atoms with Crippen molar-refractivity contribution in [2.75, 3.05) is 24.7 Å². The number of rotatable bonds is 2. The lowest BCUT2D eigenvalue weighted by molar-refractivity contribution is -0.0372. The van der Waals surface area contributed by atoms with Crippen LogP contribution in [0.4, 0.5) is 10.5 Å². The third-order valence-corrected chi connectivity index (χ3v) is 6.06. The van der Waals surface area contributed by atoms with Crippen molar-refractivity contribution in [1.29, 1.82) is 0 Å². The Labute approximate surface area is 141 Å². The highest BCUT2D eigenvalue weighted by Gasteiger charge is 2.42. The highest BCUT2D eigenvalue weighted by atomic mass is 32.2. The summed E-state index contributed by atoms with van der Waals surface area (Å²) in [7, 11) is -3.26. The summed E-state index contributed by atoms with van der Waals surface area (Å²) in [6, 6.07) is 5.79. The van der Waals surface area contributed by atoms with Crippen LogP contribution < -0.4 is 5.32 Å². The van der Waals surface area contributed by atoms with Crippen LogP contribution in [0.2, 0.25) is 0 Å². The normalized spacial score (nSPS) is 30.0. The topological polar surface area (TPSA) is 107 Å². The fraction of sp³-hybridized carbons (Fsp3) is 0.562. The van der Waals surface area contributed by atoms with E-state index in [1.54, 1.807) is 17.0 Å². The van der Waals surface area contributed by atoms with E-state index < -0.39 is 22.0 Å². The van der Waals surface area contributed by atoms with Crippen molar-refractivity contribution in [3.63, 3.8) is 0 Å². The number of sulfone groups is 1. The highest BCUT2D eigenvalue weighted by molar-refractivity contribution is 7.90. The van der Waals surface area contributed by atoms with E-state index in [-0.39, 0.29) is 22.8 Å². The molecule has 1 saturated carbocycles. The minimum atomic E-state index is -3.26. The number of aliphatic hydroxyl groups is 2. The molecule has 0 bridgehead atoms. The molecule has 1 aromatic rings. The van der Waals surface area contributed by atoms with Gasteiger partial charge < -0.3 is 20.4 Å². The van der Waals surface area contributed by atoms with E-state index in [1.165, 1.54) is 12.1 Å². The van der Waals surface area contributed by atoms with Gasteiger partial charge in [0.25, 0.3) is 0 Å². The number of nitrogens with one attached hydrogen (secondary N) is 1. The average molecular weight is 354 g/mol. The second kappa shape index (κ2) is 6.34. The molecule has 132 valence electrons. The Bertz CT molecular complexity index is 700. The fourth-order valence-electron chi connectivity index (χ4n) is 3.56. The molecule has 1 aromatic carbocycles. The number of likely N-dealkylation sites (tertiary alicyclic amines) is 1. The van der Waals surface area contributed by atoms with Crippen molar-refractivity contribution in [2.24, 2.45) is 11.8 Å². The standard InChI is InChI=1S/C16H22N2O5S/c1-24(22,23)13-4-2-12(3-5-13)17-16(21)18-8-10-6-14(19)15(20)7-11(10)9-18/h2-5,10-11,14-15,19-20H,6-9H2,1H3,(H,17,21)/t10-,11+,14+,15-. The Morgan fingerprint density at radius 2 is 1.58 bits per heavy atom. The zero-order chi connectivity index (χ0) is 17.5. The van der Waals surface area contributed by atoms with Gasteiger partial charge in [-0.2, -0.15) is 0 Å². The quantitative estimate of drug-likeness (QED) is 0.724. The Balaban J connectivity index is 1.62. The zero-order valence-electron chi connectivity index (χ0n) is 13.4. The summed E-state index contributed by atoms with van der Waals surface area (Å²) >= 11 is 0. The molecule has 4 atom stereocenters. The first-order chi connectivity index (χ1) is 11.2. The molecular weight excluding hydrogens is 332 g/mol. The molecule has 1 aliphatic heterocycles. The Morgan fingerprint density at radius 1 is 1.08 bits per heavy atom. The maximum Gasteiger partial charge on any atom is 0.321 e. The van der Waals surface area contributed by atoms with Crippen LogP contribution in [-0.2, 0) is 9.84 Å². The Morgan fingerprint density at radius 3 is 2.04 bits per heavy atom. The molecule has 7 nitrogen and oxygen atoms in total. The van der Waals surface area contributed by atoms with Crippen LogP contribution in [0, 0.1) is 11.8 Å². The van der Waals surface area contributed by atoms with Crippen LogP contribution in [0.1, 0.15) is 12.8 Å². The van der Waals surface area contributed by atoms with Gasteiger partial charge >= 0.3 is 6.03 Å². The monoisotopic (exact) mass is 354 g/mol. The van der Waals surface area contributed by atoms with Crippen molar-refractivity contribution < 1.29 is 23.4 Å². The summed E-state index contributed by atoms with van der Waals surface area (Å²) in [4.78, 5) is 14.3. The van der Waals surface area contributed by atoms with Crippen molar-refractivity contribution >= 4 is 21.6 Å². The summed E-state index contributed by atoms with van der Waals surface area (Å²) in [6.45, 7) is 1.11. The largest absolute Gasteiger partial charge is 0.390 e. The van der Waals surface area contributed by atoms with Gasteiger partial charge in [-0.15, -0.1) is 0 Å². The predicted octanol–water partition coefficient (Wildman–Crippen LogP) is 0.686. The summed E-state index contributed by atoms with van der Waals surface area (Å²) < 4.78 is 22.9. The van der Waals surface area contributed by atoms with E-state index in [1.807, 2.05) is 0 Å². The van der Waals surface area contributed by atoms with Crippen LogP contribution in [0.5, 0.6) is 0 Å². The van der Waals surface area contributed by atoms with Gasteiger partial charge in [-0.05, 0) is 48.9 Å². The van der Waals surface area contributed by atoms with Crippen LogP contribution in [0.3, 0.4) is 0 Å². The molecule has 0 unspecified atom stereocenters. The second-order valence-electron chi connectivity index (χ2n) is 6.76. The van der Waals surface area contributed by atoms with E-state index in [9.17, 15) is 23.4 Å². The lowest BCUT2D eigenvalue weighted by Crippen LogP contribution is -2.38. The van der Waals surface area contributed by atoms with E-state index >= 15 is 0 Å². The zero-order valence-corrected chi connectivity index (χ0v) is 14.2. The number of fused-ring (bicyclic) bond motifs is 1. The molecule has 1 heterocycles. The summed E-state index contributed by atoms with van der Waals surface area (Å²) in [6.07, 6.45) is 0.739. The summed E-state index contributed by atoms with van der Waals surface area (Å²) in [5, 5.41) is 22.3. The molecule has 1 saturated heterocycles. The third kappa shape index (κ3) is 3.55. The number of anilines is 1. The number of urea groups is 1. The number of carbonyl (C=O) groups excluding carboxylic acids is 1. The van der Waals surface area contributed by atoms with E-state index in [0.717, 1.165) is 6.26 Å². The van der Waals surface area contributed by atoms with Crippen LogP contribution >= 0.6 is 0 Å². The maximum atomic E-state index is 12.4. The summed E-state index contributed by atoms with van der Waals surface area (Å²) in [5.74, 6) is 0.420. The average Bonchev–Trinajstić information content (AvgIpc) is 2.90. The van der Waals surface area contributed by atoms with E-state index in [4.69, 9.17) is 0 Å². The van der Waals surface area contributed by atoms with Gasteiger partial charge in [-0.25, -0.2) is 13.2 Å². The molecule has 3 N–H and O–H groups in total. The van der Waals surface area contributed by atoms with E-state index in [2.05, 4.69) is 5.32 Å². The molecule has 0 spiro atoms. The molecule has 2 aliphatic rings. The van der Waals surface area contributed by atoms with Crippen LogP contribution in [-0.4, -0.2) is 61.1 Å². The lowest BCUT2D eigenvalue weighted by atomic mass is 9.79. The SMILES string of the molecule is CS(=O)(=O)c1ccc(NC(=O)N2C[C@H]3C[C@H](O)[C@H](O)C[C@H]3C2)cc1. The molecule has 0 aromatic heterocycles. The number of nitrogens with zero attached hydrogens (tertiary/aromatic N) is 1. The molecule has 24 heavy (non-hydrogen) atoms. The van der Waals surface area contributed by atoms with Gasteiger partial charge in [0.1, 0.15) is 0 Å². The Kier molecular flexibility index (Phi) is 4.54. The van der Waals surface area contributed by atoms with Crippen LogP contribution in [0.25, 0.3) is 0 Å². The van der Waals surface area contributed by atoms with Gasteiger partial charge in [0, 0.05) is 25.0 Å². The van der Waals surface area contributed by atoms with Gasteiger partial charge in [-0.3, -0.25) is 0 Å². The van der Waals surface area contributed by atoms with Crippen molar-refractivity contribution in [1.82, 2.24) is 4.90 Å². The Hall–Kier alpha value is -1.64. The van der Waals surface area contributed by atoms with Crippen molar-refractivity contribution in [2.45, 2.75) is 29.9 Å². The van der Waals surface area contributed by atoms with Gasteiger partial charge in [0.15, 0.2) is 9.84 Å². The highest BCUT2D eigenvalue weighted by Crippen LogP contribution is 2.36. The predicted molar refractivity (Wildman–Crippen MR) is 88.4 cm³/mol. The molecule has 2 fully saturated rings. The number of benzene rings is 1. The van der Waals surface area contributed by atoms with Crippen molar-refractivity contribution in [3.8, 4) is 0 Å². The smallest absolute Gasteiger partial charge is 0.321 e. The molecule has 1 aliphatic carbocycles. The summed E-state index contributed by atoms with van der Waals surface area (Å²) in [5.41, 5.74) is 0.530. The molecule has 3 rings (SSSR count). The fourth-order valence-corrected chi connectivity index (χ4v) is 4.19. The lowest BCUT2D eigenvalue weighted by Gasteiger charge is -2.31.